The number of ether oxygens (including phenoxy) is 1. The van der Waals surface area contributed by atoms with Crippen molar-refractivity contribution in [2.45, 2.75) is 56.7 Å². The van der Waals surface area contributed by atoms with Crippen LogP contribution in [0, 0.1) is 11.7 Å². The van der Waals surface area contributed by atoms with Crippen LogP contribution < -0.4 is 5.32 Å². The minimum atomic E-state index is -0.770. The number of carboxylic acids is 1. The number of fused-ring (bicyclic) bond motifs is 1. The molecule has 2 saturated heterocycles. The van der Waals surface area contributed by atoms with Crippen LogP contribution in [0.2, 0.25) is 5.02 Å². The van der Waals surface area contributed by atoms with Gasteiger partial charge in [0, 0.05) is 69.5 Å². The Kier molecular flexibility index (Phi) is 11.2. The molecule has 2 aromatic carbocycles. The topological polar surface area (TPSA) is 107 Å². The number of hydrogen-bond donors (Lipinski definition) is 2. The summed E-state index contributed by atoms with van der Waals surface area (Å²) in [5, 5.41) is 13.0. The maximum absolute atomic E-state index is 15.5. The smallest absolute Gasteiger partial charge is 0.306 e. The first-order valence-corrected chi connectivity index (χ1v) is 17.5. The van der Waals surface area contributed by atoms with E-state index < -0.39 is 17.7 Å². The second kappa shape index (κ2) is 15.5. The Morgan fingerprint density at radius 2 is 1.80 bits per heavy atom. The summed E-state index contributed by atoms with van der Waals surface area (Å²) < 4.78 is 36.6. The molecule has 0 spiro atoms. The van der Waals surface area contributed by atoms with Crippen LogP contribution in [-0.2, 0) is 27.8 Å². The number of piperazine rings is 1. The van der Waals surface area contributed by atoms with Gasteiger partial charge in [0.2, 0.25) is 5.91 Å². The van der Waals surface area contributed by atoms with Crippen LogP contribution in [0.15, 0.2) is 42.6 Å². The van der Waals surface area contributed by atoms with E-state index in [1.165, 1.54) is 6.07 Å². The molecule has 264 valence electrons. The molecule has 0 bridgehead atoms. The van der Waals surface area contributed by atoms with E-state index in [0.29, 0.717) is 57.4 Å². The molecule has 49 heavy (non-hydrogen) atoms. The number of carbonyl (C=O) groups is 3. The number of rotatable bonds is 11. The predicted octanol–water partition coefficient (Wildman–Crippen LogP) is 4.98. The lowest BCUT2D eigenvalue weighted by Gasteiger charge is -2.37. The van der Waals surface area contributed by atoms with Crippen molar-refractivity contribution in [2.75, 3.05) is 57.9 Å². The van der Waals surface area contributed by atoms with Gasteiger partial charge in [-0.15, -0.1) is 0 Å². The highest BCUT2D eigenvalue weighted by atomic mass is 35.5. The van der Waals surface area contributed by atoms with E-state index in [-0.39, 0.29) is 59.4 Å². The molecule has 2 N–H and O–H groups in total. The number of benzene rings is 2. The molecule has 0 unspecified atom stereocenters. The molecule has 0 radical (unpaired) electrons. The molecule has 1 aromatic heterocycles. The molecule has 3 aromatic rings. The van der Waals surface area contributed by atoms with E-state index >= 15 is 4.39 Å². The number of para-hydroxylation sites is 1. The highest BCUT2D eigenvalue weighted by Gasteiger charge is 2.39. The van der Waals surface area contributed by atoms with Crippen molar-refractivity contribution in [3.8, 4) is 0 Å². The van der Waals surface area contributed by atoms with Crippen LogP contribution in [0.25, 0.3) is 10.9 Å². The Labute approximate surface area is 289 Å². The number of alkyl halides is 1. The fourth-order valence-electron chi connectivity index (χ4n) is 7.61. The fraction of sp³-hybridized carbons (Fsp3) is 0.528. The summed E-state index contributed by atoms with van der Waals surface area (Å²) in [4.78, 5) is 44.7. The monoisotopic (exact) mass is 699 g/mol. The van der Waals surface area contributed by atoms with E-state index in [2.05, 4.69) is 15.1 Å². The van der Waals surface area contributed by atoms with Gasteiger partial charge in [0.05, 0.1) is 47.4 Å². The van der Waals surface area contributed by atoms with E-state index in [4.69, 9.17) is 16.3 Å². The number of likely N-dealkylation sites (tertiary alicyclic amines) is 1. The van der Waals surface area contributed by atoms with Crippen molar-refractivity contribution in [2.24, 2.45) is 13.0 Å². The SMILES string of the molecule is Cn1cc(C(=O)Nc2cc(F)c(CC(=O)N3C[C@@H](N4CCN(CCF)CC4)C[C@H]3COC3CCC(C(=O)O)CC3)cc2Cl)c2ccccc21. The highest BCUT2D eigenvalue weighted by molar-refractivity contribution is 6.34. The molecule has 2 aliphatic heterocycles. The summed E-state index contributed by atoms with van der Waals surface area (Å²) in [5.74, 6) is -2.43. The summed E-state index contributed by atoms with van der Waals surface area (Å²) in [6.45, 7) is 3.89. The van der Waals surface area contributed by atoms with Crippen LogP contribution in [0.1, 0.15) is 48.0 Å². The van der Waals surface area contributed by atoms with Crippen molar-refractivity contribution < 1.29 is 33.0 Å². The van der Waals surface area contributed by atoms with E-state index in [0.717, 1.165) is 43.1 Å². The van der Waals surface area contributed by atoms with Gasteiger partial charge in [-0.2, -0.15) is 0 Å². The third kappa shape index (κ3) is 8.09. The Hall–Kier alpha value is -3.58. The highest BCUT2D eigenvalue weighted by Crippen LogP contribution is 2.31. The first-order chi connectivity index (χ1) is 23.6. The fourth-order valence-corrected chi connectivity index (χ4v) is 7.84. The van der Waals surface area contributed by atoms with Gasteiger partial charge >= 0.3 is 5.97 Å². The average Bonchev–Trinajstić information content (AvgIpc) is 3.68. The number of anilines is 1. The number of aromatic nitrogens is 1. The summed E-state index contributed by atoms with van der Waals surface area (Å²) in [6.07, 6.45) is 4.58. The molecule has 3 heterocycles. The Morgan fingerprint density at radius 3 is 2.51 bits per heavy atom. The van der Waals surface area contributed by atoms with Gasteiger partial charge in [0.25, 0.3) is 5.91 Å². The lowest BCUT2D eigenvalue weighted by molar-refractivity contribution is -0.144. The molecule has 3 fully saturated rings. The minimum Gasteiger partial charge on any atom is -0.481 e. The predicted molar refractivity (Wildman–Crippen MR) is 183 cm³/mol. The Balaban J connectivity index is 1.13. The number of carbonyl (C=O) groups excluding carboxylic acids is 2. The number of aryl methyl sites for hydroxylation is 1. The number of nitrogens with zero attached hydrogens (tertiary/aromatic N) is 4. The first-order valence-electron chi connectivity index (χ1n) is 17.1. The van der Waals surface area contributed by atoms with Crippen molar-refractivity contribution in [3.05, 3.63) is 64.6 Å². The van der Waals surface area contributed by atoms with Gasteiger partial charge in [-0.05, 0) is 55.9 Å². The third-order valence-electron chi connectivity index (χ3n) is 10.5. The summed E-state index contributed by atoms with van der Waals surface area (Å²) in [7, 11) is 1.85. The number of hydrogen-bond acceptors (Lipinski definition) is 6. The second-order valence-corrected chi connectivity index (χ2v) is 13.9. The van der Waals surface area contributed by atoms with Gasteiger partial charge in [-0.25, -0.2) is 8.78 Å². The number of aliphatic carboxylic acids is 1. The van der Waals surface area contributed by atoms with Crippen molar-refractivity contribution in [1.82, 2.24) is 19.3 Å². The largest absolute Gasteiger partial charge is 0.481 e. The lowest BCUT2D eigenvalue weighted by atomic mass is 9.87. The van der Waals surface area contributed by atoms with E-state index in [1.54, 1.807) is 11.1 Å². The zero-order valence-electron chi connectivity index (χ0n) is 27.8. The van der Waals surface area contributed by atoms with Gasteiger partial charge < -0.3 is 24.6 Å². The van der Waals surface area contributed by atoms with E-state index in [9.17, 15) is 23.9 Å². The van der Waals surface area contributed by atoms with Gasteiger partial charge in [-0.1, -0.05) is 29.8 Å². The van der Waals surface area contributed by atoms with Crippen molar-refractivity contribution in [3.63, 3.8) is 0 Å². The molecule has 6 rings (SSSR count). The quantitative estimate of drug-likeness (QED) is 0.291. The van der Waals surface area contributed by atoms with Crippen LogP contribution in [0.4, 0.5) is 14.5 Å². The van der Waals surface area contributed by atoms with Gasteiger partial charge in [-0.3, -0.25) is 24.2 Å². The molecular weight excluding hydrogens is 656 g/mol. The summed E-state index contributed by atoms with van der Waals surface area (Å²) >= 11 is 6.55. The summed E-state index contributed by atoms with van der Waals surface area (Å²) in [5.41, 5.74) is 1.57. The number of halogens is 3. The third-order valence-corrected chi connectivity index (χ3v) is 10.8. The Morgan fingerprint density at radius 1 is 1.06 bits per heavy atom. The van der Waals surface area contributed by atoms with Crippen molar-refractivity contribution in [1.29, 1.82) is 0 Å². The lowest BCUT2D eigenvalue weighted by Crippen LogP contribution is -2.51. The molecule has 13 heteroatoms. The first kappa shape index (κ1) is 35.3. The molecular formula is C36H44ClF2N5O5. The molecule has 2 amide bonds. The molecule has 2 atom stereocenters. The normalized spacial score (nSPS) is 23.6. The molecule has 1 saturated carbocycles. The number of amides is 2. The standard InChI is InChI=1S/C36H44ClF2N5O5/c1-41-21-29(28-4-2-3-5-33(28)41)35(46)40-32-19-31(39)24(16-30(32)37)17-34(45)44-20-25(43-14-12-42(11-10-38)13-15-43)18-26(44)22-49-27-8-6-23(7-9-27)36(47)48/h2-5,16,19,21,23,25-27H,6-15,17-18,20,22H2,1H3,(H,40,46)(H,47,48)/t23?,25-,26-,27?/m0/s1. The Bertz CT molecular complexity index is 1670. The minimum absolute atomic E-state index is 0.0660. The van der Waals surface area contributed by atoms with Crippen LogP contribution in [0.5, 0.6) is 0 Å². The van der Waals surface area contributed by atoms with E-state index in [1.807, 2.05) is 35.9 Å². The van der Waals surface area contributed by atoms with Gasteiger partial charge in [0.1, 0.15) is 12.5 Å². The average molecular weight is 700 g/mol. The molecule has 1 aliphatic carbocycles. The molecule has 10 nitrogen and oxygen atoms in total. The number of carboxylic acid groups (broad SMARTS) is 1. The van der Waals surface area contributed by atoms with Crippen LogP contribution in [0.3, 0.4) is 0 Å². The van der Waals surface area contributed by atoms with Crippen LogP contribution in [-0.4, -0.2) is 113 Å². The van der Waals surface area contributed by atoms with Gasteiger partial charge in [0.15, 0.2) is 0 Å². The number of nitrogens with one attached hydrogen (secondary N) is 1. The molecule has 3 aliphatic rings. The summed E-state index contributed by atoms with van der Waals surface area (Å²) in [6, 6.07) is 9.91. The maximum Gasteiger partial charge on any atom is 0.306 e. The second-order valence-electron chi connectivity index (χ2n) is 13.5. The maximum atomic E-state index is 15.5. The van der Waals surface area contributed by atoms with Crippen molar-refractivity contribution >= 4 is 46.0 Å². The zero-order valence-corrected chi connectivity index (χ0v) is 28.5. The zero-order chi connectivity index (χ0) is 34.7. The van der Waals surface area contributed by atoms with Crippen LogP contribution >= 0.6 is 11.6 Å².